The Hall–Kier alpha value is -1.42. The van der Waals surface area contributed by atoms with Crippen LogP contribution >= 0.6 is 11.6 Å². The molecule has 0 fully saturated rings. The summed E-state index contributed by atoms with van der Waals surface area (Å²) < 4.78 is 13.0. The third kappa shape index (κ3) is 3.53. The zero-order valence-electron chi connectivity index (χ0n) is 9.24. The zero-order chi connectivity index (χ0) is 12.1. The largest absolute Gasteiger partial charge is 0.353 e. The molecule has 1 N–H and O–H groups in total. The first-order valence-corrected chi connectivity index (χ1v) is 5.90. The predicted octanol–water partition coefficient (Wildman–Crippen LogP) is 2.53. The minimum Gasteiger partial charge on any atom is -0.353 e. The summed E-state index contributed by atoms with van der Waals surface area (Å²) in [5.74, 6) is 0.319. The number of halogens is 2. The molecule has 1 aromatic carbocycles. The van der Waals surface area contributed by atoms with E-state index >= 15 is 0 Å². The Labute approximate surface area is 104 Å². The van der Waals surface area contributed by atoms with E-state index in [9.17, 15) is 4.39 Å². The molecule has 0 bridgehead atoms. The lowest BCUT2D eigenvalue weighted by atomic mass is 10.1. The Bertz CT molecular complexity index is 445. The molecule has 0 radical (unpaired) electrons. The quantitative estimate of drug-likeness (QED) is 0.826. The van der Waals surface area contributed by atoms with Gasteiger partial charge in [-0.1, -0.05) is 12.1 Å². The molecule has 0 amide bonds. The summed E-state index contributed by atoms with van der Waals surface area (Å²) >= 11 is 6.16. The smallest absolute Gasteiger partial charge is 0.217 e. The van der Waals surface area contributed by atoms with Crippen molar-refractivity contribution in [1.82, 2.24) is 5.32 Å². The number of rotatable bonds is 3. The summed E-state index contributed by atoms with van der Waals surface area (Å²) in [4.78, 5) is 8.28. The maximum Gasteiger partial charge on any atom is 0.217 e. The van der Waals surface area contributed by atoms with Crippen molar-refractivity contribution in [2.45, 2.75) is 11.8 Å². The molecule has 1 aromatic rings. The van der Waals surface area contributed by atoms with Crippen LogP contribution in [0.25, 0.3) is 0 Å². The number of aliphatic imine (C=N–C) groups is 2. The fraction of sp³-hybridized carbons (Fsp3) is 0.333. The number of nitrogens with zero attached hydrogens (tertiary/aromatic N) is 2. The van der Waals surface area contributed by atoms with Gasteiger partial charge in [-0.2, -0.15) is 0 Å². The molecule has 0 spiro atoms. The molecule has 90 valence electrons. The highest BCUT2D eigenvalue weighted by atomic mass is 35.5. The van der Waals surface area contributed by atoms with Gasteiger partial charge in [-0.15, -0.1) is 11.6 Å². The standard InChI is InChI=1S/C12H13ClFN3/c13-11(9-3-1-4-10(14)7-9)8-17-12-15-5-2-6-16-12/h1,3-5,7,11H,2,6,8H2,(H,16,17). The molecule has 0 saturated heterocycles. The Balaban J connectivity index is 1.91. The zero-order valence-corrected chi connectivity index (χ0v) is 9.99. The molecule has 1 aliphatic heterocycles. The Kier molecular flexibility index (Phi) is 4.09. The van der Waals surface area contributed by atoms with Gasteiger partial charge in [0, 0.05) is 25.7 Å². The van der Waals surface area contributed by atoms with Gasteiger partial charge in [0.05, 0.1) is 5.38 Å². The van der Waals surface area contributed by atoms with Crippen molar-refractivity contribution in [3.8, 4) is 0 Å². The van der Waals surface area contributed by atoms with E-state index in [0.717, 1.165) is 18.5 Å². The molecule has 1 atom stereocenters. The van der Waals surface area contributed by atoms with E-state index < -0.39 is 0 Å². The maximum atomic E-state index is 13.0. The highest BCUT2D eigenvalue weighted by molar-refractivity contribution is 6.21. The second-order valence-electron chi connectivity index (χ2n) is 3.71. The molecular weight excluding hydrogens is 241 g/mol. The first-order valence-electron chi connectivity index (χ1n) is 5.46. The molecule has 1 aliphatic rings. The second-order valence-corrected chi connectivity index (χ2v) is 4.24. The third-order valence-electron chi connectivity index (χ3n) is 2.38. The monoisotopic (exact) mass is 253 g/mol. The number of hydrogen-bond acceptors (Lipinski definition) is 3. The van der Waals surface area contributed by atoms with Crippen LogP contribution in [0.3, 0.4) is 0 Å². The fourth-order valence-corrected chi connectivity index (χ4v) is 1.73. The van der Waals surface area contributed by atoms with Crippen LogP contribution in [0.1, 0.15) is 17.4 Å². The third-order valence-corrected chi connectivity index (χ3v) is 2.79. The van der Waals surface area contributed by atoms with Gasteiger partial charge in [-0.25, -0.2) is 9.38 Å². The minimum atomic E-state index is -0.300. The Morgan fingerprint density at radius 2 is 2.35 bits per heavy atom. The molecule has 2 rings (SSSR count). The van der Waals surface area contributed by atoms with Gasteiger partial charge in [-0.3, -0.25) is 4.99 Å². The topological polar surface area (TPSA) is 36.8 Å². The van der Waals surface area contributed by atoms with E-state index in [2.05, 4.69) is 15.3 Å². The highest BCUT2D eigenvalue weighted by Gasteiger charge is 2.09. The van der Waals surface area contributed by atoms with Gasteiger partial charge in [0.25, 0.3) is 0 Å². The first-order chi connectivity index (χ1) is 8.25. The molecule has 5 heteroatoms. The van der Waals surface area contributed by atoms with Crippen LogP contribution in [-0.2, 0) is 0 Å². The van der Waals surface area contributed by atoms with Crippen molar-refractivity contribution in [2.75, 3.05) is 13.1 Å². The number of guanidine groups is 1. The van der Waals surface area contributed by atoms with E-state index in [0.29, 0.717) is 12.5 Å². The van der Waals surface area contributed by atoms with Gasteiger partial charge in [0.1, 0.15) is 5.82 Å². The molecule has 3 nitrogen and oxygen atoms in total. The van der Waals surface area contributed by atoms with Crippen molar-refractivity contribution < 1.29 is 4.39 Å². The normalized spacial score (nSPS) is 16.5. The molecule has 0 aliphatic carbocycles. The highest BCUT2D eigenvalue weighted by Crippen LogP contribution is 2.19. The van der Waals surface area contributed by atoms with Gasteiger partial charge < -0.3 is 5.32 Å². The second kappa shape index (κ2) is 5.77. The fourth-order valence-electron chi connectivity index (χ4n) is 1.52. The van der Waals surface area contributed by atoms with Crippen LogP contribution < -0.4 is 5.32 Å². The van der Waals surface area contributed by atoms with E-state index in [-0.39, 0.29) is 11.2 Å². The summed E-state index contributed by atoms with van der Waals surface area (Å²) in [7, 11) is 0. The van der Waals surface area contributed by atoms with E-state index in [1.165, 1.54) is 12.1 Å². The molecular formula is C12H13ClFN3. The minimum absolute atomic E-state index is 0.277. The molecule has 0 saturated carbocycles. The SMILES string of the molecule is Fc1cccc(C(Cl)CNC2=NCCC=N2)c1. The van der Waals surface area contributed by atoms with Crippen LogP contribution in [0, 0.1) is 5.82 Å². The summed E-state index contributed by atoms with van der Waals surface area (Å²) in [5.41, 5.74) is 0.750. The molecule has 1 unspecified atom stereocenters. The van der Waals surface area contributed by atoms with Crippen molar-refractivity contribution in [2.24, 2.45) is 9.98 Å². The summed E-state index contributed by atoms with van der Waals surface area (Å²) in [6.45, 7) is 1.22. The predicted molar refractivity (Wildman–Crippen MR) is 68.4 cm³/mol. The molecule has 0 aromatic heterocycles. The van der Waals surface area contributed by atoms with Crippen LogP contribution in [0.5, 0.6) is 0 Å². The van der Waals surface area contributed by atoms with Crippen LogP contribution in [-0.4, -0.2) is 25.3 Å². The average Bonchev–Trinajstić information content (AvgIpc) is 2.37. The van der Waals surface area contributed by atoms with Crippen LogP contribution in [0.4, 0.5) is 4.39 Å². The summed E-state index contributed by atoms with van der Waals surface area (Å²) in [6.07, 6.45) is 2.69. The van der Waals surface area contributed by atoms with E-state index in [1.807, 2.05) is 6.21 Å². The first kappa shape index (κ1) is 12.0. The lowest BCUT2D eigenvalue weighted by Gasteiger charge is -2.13. The Morgan fingerprint density at radius 3 is 3.06 bits per heavy atom. The van der Waals surface area contributed by atoms with Crippen LogP contribution in [0.2, 0.25) is 0 Å². The summed E-state index contributed by atoms with van der Waals surface area (Å²) in [6, 6.07) is 6.28. The Morgan fingerprint density at radius 1 is 1.47 bits per heavy atom. The van der Waals surface area contributed by atoms with Gasteiger partial charge in [0.15, 0.2) is 0 Å². The maximum absolute atomic E-state index is 13.0. The van der Waals surface area contributed by atoms with E-state index in [1.54, 1.807) is 12.1 Å². The van der Waals surface area contributed by atoms with Gasteiger partial charge in [-0.05, 0) is 17.7 Å². The number of benzene rings is 1. The summed E-state index contributed by atoms with van der Waals surface area (Å²) in [5, 5.41) is 2.74. The lowest BCUT2D eigenvalue weighted by molar-refractivity contribution is 0.624. The van der Waals surface area contributed by atoms with Crippen molar-refractivity contribution in [3.63, 3.8) is 0 Å². The van der Waals surface area contributed by atoms with Crippen molar-refractivity contribution >= 4 is 23.8 Å². The lowest BCUT2D eigenvalue weighted by Crippen LogP contribution is -2.27. The van der Waals surface area contributed by atoms with Crippen molar-refractivity contribution in [3.05, 3.63) is 35.6 Å². The number of hydrogen-bond donors (Lipinski definition) is 1. The number of alkyl halides is 1. The van der Waals surface area contributed by atoms with Crippen molar-refractivity contribution in [1.29, 1.82) is 0 Å². The average molecular weight is 254 g/mol. The van der Waals surface area contributed by atoms with Crippen LogP contribution in [0.15, 0.2) is 34.3 Å². The number of nitrogens with one attached hydrogen (secondary N) is 1. The molecule has 1 heterocycles. The van der Waals surface area contributed by atoms with Gasteiger partial charge in [0.2, 0.25) is 5.96 Å². The van der Waals surface area contributed by atoms with Gasteiger partial charge >= 0.3 is 0 Å². The molecule has 17 heavy (non-hydrogen) atoms. The van der Waals surface area contributed by atoms with E-state index in [4.69, 9.17) is 11.6 Å².